The van der Waals surface area contributed by atoms with Gasteiger partial charge in [0.25, 0.3) is 0 Å². The first-order chi connectivity index (χ1) is 10.8. The van der Waals surface area contributed by atoms with Crippen molar-refractivity contribution in [2.75, 3.05) is 0 Å². The van der Waals surface area contributed by atoms with E-state index < -0.39 is 0 Å². The molecule has 3 aromatic rings. The second-order valence-electron chi connectivity index (χ2n) is 4.74. The molecule has 22 heavy (non-hydrogen) atoms. The summed E-state index contributed by atoms with van der Waals surface area (Å²) >= 11 is 3.47. The highest BCUT2D eigenvalue weighted by Gasteiger charge is 2.17. The Kier molecular flexibility index (Phi) is 4.75. The fraction of sp³-hybridized carbons (Fsp3) is 0.118. The van der Waals surface area contributed by atoms with E-state index in [1.165, 1.54) is 0 Å². The molecular weight excluding hydrogens is 344 g/mol. The first-order valence-corrected chi connectivity index (χ1v) is 7.75. The number of nitrogens with zero attached hydrogens (tertiary/aromatic N) is 2. The van der Waals surface area contributed by atoms with E-state index in [0.717, 1.165) is 11.1 Å². The molecule has 0 unspecified atom stereocenters. The van der Waals surface area contributed by atoms with Gasteiger partial charge >= 0.3 is 4.73 Å². The maximum atomic E-state index is 5.72. The van der Waals surface area contributed by atoms with E-state index in [1.54, 1.807) is 21.9 Å². The topological polar surface area (TPSA) is 27.3 Å². The SMILES string of the molecule is Brc1n(OCc2ccccc2)cc[n+]1OCc1ccccc1. The van der Waals surface area contributed by atoms with Crippen LogP contribution in [-0.4, -0.2) is 4.73 Å². The van der Waals surface area contributed by atoms with Gasteiger partial charge in [0.05, 0.1) is 15.9 Å². The van der Waals surface area contributed by atoms with Gasteiger partial charge in [0.2, 0.25) is 0 Å². The van der Waals surface area contributed by atoms with Crippen LogP contribution in [-0.2, 0) is 13.2 Å². The van der Waals surface area contributed by atoms with Gasteiger partial charge in [0.1, 0.15) is 0 Å². The van der Waals surface area contributed by atoms with E-state index >= 15 is 0 Å². The molecule has 0 atom stereocenters. The quantitative estimate of drug-likeness (QED) is 0.633. The second kappa shape index (κ2) is 7.13. The van der Waals surface area contributed by atoms with Gasteiger partial charge in [0.15, 0.2) is 25.6 Å². The van der Waals surface area contributed by atoms with Crippen LogP contribution in [0.15, 0.2) is 77.8 Å². The summed E-state index contributed by atoms with van der Waals surface area (Å²) in [5.74, 6) is 0. The molecule has 2 aromatic carbocycles. The highest BCUT2D eigenvalue weighted by Crippen LogP contribution is 2.05. The largest absolute Gasteiger partial charge is 0.403 e. The third-order valence-corrected chi connectivity index (χ3v) is 3.83. The van der Waals surface area contributed by atoms with Crippen LogP contribution in [0.25, 0.3) is 0 Å². The second-order valence-corrected chi connectivity index (χ2v) is 5.45. The van der Waals surface area contributed by atoms with E-state index in [4.69, 9.17) is 9.68 Å². The Labute approximate surface area is 137 Å². The molecule has 0 aliphatic rings. The zero-order valence-electron chi connectivity index (χ0n) is 11.9. The average molecular weight is 360 g/mol. The molecule has 0 fully saturated rings. The Hall–Kier alpha value is -2.27. The molecule has 0 amide bonds. The molecule has 0 aliphatic heterocycles. The molecule has 0 aliphatic carbocycles. The molecule has 1 heterocycles. The number of halogens is 1. The summed E-state index contributed by atoms with van der Waals surface area (Å²) in [5, 5.41) is 0. The number of hydrogen-bond acceptors (Lipinski definition) is 2. The lowest BCUT2D eigenvalue weighted by molar-refractivity contribution is -0.903. The summed E-state index contributed by atoms with van der Waals surface area (Å²) < 4.78 is 3.97. The number of rotatable bonds is 6. The summed E-state index contributed by atoms with van der Waals surface area (Å²) in [6, 6.07) is 20.0. The Morgan fingerprint density at radius 2 is 1.45 bits per heavy atom. The monoisotopic (exact) mass is 359 g/mol. The Morgan fingerprint density at radius 1 is 0.864 bits per heavy atom. The third-order valence-electron chi connectivity index (χ3n) is 3.13. The van der Waals surface area contributed by atoms with Gasteiger partial charge in [-0.15, -0.1) is 0 Å². The van der Waals surface area contributed by atoms with Gasteiger partial charge in [-0.3, -0.25) is 0 Å². The van der Waals surface area contributed by atoms with Gasteiger partial charge in [0, 0.05) is 0 Å². The van der Waals surface area contributed by atoms with Crippen LogP contribution < -0.4 is 14.4 Å². The highest BCUT2D eigenvalue weighted by atomic mass is 79.9. The van der Waals surface area contributed by atoms with Crippen molar-refractivity contribution in [3.05, 3.63) is 88.9 Å². The minimum Gasteiger partial charge on any atom is -0.330 e. The van der Waals surface area contributed by atoms with Crippen LogP contribution in [0, 0.1) is 0 Å². The van der Waals surface area contributed by atoms with Crippen molar-refractivity contribution in [1.82, 2.24) is 4.73 Å². The highest BCUT2D eigenvalue weighted by molar-refractivity contribution is 9.10. The van der Waals surface area contributed by atoms with Gasteiger partial charge in [-0.05, 0) is 20.6 Å². The minimum atomic E-state index is 0.493. The van der Waals surface area contributed by atoms with Gasteiger partial charge < -0.3 is 9.68 Å². The van der Waals surface area contributed by atoms with Crippen LogP contribution in [0.5, 0.6) is 0 Å². The van der Waals surface area contributed by atoms with E-state index in [9.17, 15) is 0 Å². The summed E-state index contributed by atoms with van der Waals surface area (Å²) in [6.07, 6.45) is 3.61. The lowest BCUT2D eigenvalue weighted by Crippen LogP contribution is -2.42. The van der Waals surface area contributed by atoms with E-state index in [2.05, 4.69) is 15.9 Å². The van der Waals surface area contributed by atoms with Gasteiger partial charge in [-0.25, -0.2) is 0 Å². The predicted molar refractivity (Wildman–Crippen MR) is 85.8 cm³/mol. The van der Waals surface area contributed by atoms with Gasteiger partial charge in [-0.1, -0.05) is 60.7 Å². The van der Waals surface area contributed by atoms with Crippen molar-refractivity contribution >= 4 is 15.9 Å². The Morgan fingerprint density at radius 3 is 2.09 bits per heavy atom. The molecule has 4 nitrogen and oxygen atoms in total. The van der Waals surface area contributed by atoms with Crippen molar-refractivity contribution in [3.8, 4) is 0 Å². The first-order valence-electron chi connectivity index (χ1n) is 6.96. The number of aromatic nitrogens is 2. The predicted octanol–water partition coefficient (Wildman–Crippen LogP) is 2.80. The van der Waals surface area contributed by atoms with Crippen molar-refractivity contribution in [3.63, 3.8) is 0 Å². The molecule has 0 saturated carbocycles. The molecule has 5 heteroatoms. The lowest BCUT2D eigenvalue weighted by Gasteiger charge is -2.03. The number of benzene rings is 2. The summed E-state index contributed by atoms with van der Waals surface area (Å²) in [4.78, 5) is 11.4. The van der Waals surface area contributed by atoms with Crippen molar-refractivity contribution in [1.29, 1.82) is 0 Å². The number of hydrogen-bond donors (Lipinski definition) is 0. The summed E-state index contributed by atoms with van der Waals surface area (Å²) in [7, 11) is 0. The normalized spacial score (nSPS) is 10.4. The van der Waals surface area contributed by atoms with Crippen LogP contribution >= 0.6 is 15.9 Å². The molecule has 0 N–H and O–H groups in total. The molecule has 0 saturated heterocycles. The van der Waals surface area contributed by atoms with E-state index in [1.807, 2.05) is 60.7 Å². The van der Waals surface area contributed by atoms with E-state index in [0.29, 0.717) is 17.9 Å². The lowest BCUT2D eigenvalue weighted by atomic mass is 10.2. The van der Waals surface area contributed by atoms with Gasteiger partial charge in [-0.2, -0.15) is 0 Å². The molecular formula is C17H16BrN2O2+. The molecule has 0 bridgehead atoms. The molecule has 0 radical (unpaired) electrons. The van der Waals surface area contributed by atoms with Crippen LogP contribution in [0.2, 0.25) is 0 Å². The minimum absolute atomic E-state index is 0.493. The maximum absolute atomic E-state index is 5.72. The first kappa shape index (κ1) is 14.7. The zero-order valence-corrected chi connectivity index (χ0v) is 13.5. The standard InChI is InChI=1S/C17H16BrN2O2/c18-17-19(21-13-15-7-3-1-4-8-15)11-12-20(17)22-14-16-9-5-2-6-10-16/h1-12H,13-14H2/q+1. The Balaban J connectivity index is 1.60. The Bertz CT molecular complexity index is 653. The van der Waals surface area contributed by atoms with Crippen molar-refractivity contribution < 1.29 is 14.4 Å². The smallest absolute Gasteiger partial charge is 0.330 e. The number of imidazole rings is 1. The fourth-order valence-electron chi connectivity index (χ4n) is 1.97. The van der Waals surface area contributed by atoms with Crippen molar-refractivity contribution in [2.45, 2.75) is 13.2 Å². The average Bonchev–Trinajstić information content (AvgIpc) is 2.93. The summed E-state index contributed by atoms with van der Waals surface area (Å²) in [5.41, 5.74) is 2.22. The third kappa shape index (κ3) is 3.68. The molecule has 0 spiro atoms. The van der Waals surface area contributed by atoms with E-state index in [-0.39, 0.29) is 0 Å². The molecule has 112 valence electrons. The van der Waals surface area contributed by atoms with Crippen LogP contribution in [0.3, 0.4) is 0 Å². The molecule has 3 rings (SSSR count). The fourth-order valence-corrected chi connectivity index (χ4v) is 2.41. The zero-order chi connectivity index (χ0) is 15.2. The molecule has 1 aromatic heterocycles. The maximum Gasteiger partial charge on any atom is 0.403 e. The van der Waals surface area contributed by atoms with Crippen LogP contribution in [0.1, 0.15) is 11.1 Å². The van der Waals surface area contributed by atoms with Crippen molar-refractivity contribution in [2.24, 2.45) is 0 Å². The van der Waals surface area contributed by atoms with Crippen LogP contribution in [0.4, 0.5) is 0 Å². The summed E-state index contributed by atoms with van der Waals surface area (Å²) in [6.45, 7) is 0.986.